The lowest BCUT2D eigenvalue weighted by atomic mass is 9.81. The molecule has 0 aromatic heterocycles. The van der Waals surface area contributed by atoms with Crippen LogP contribution < -0.4 is 0 Å². The summed E-state index contributed by atoms with van der Waals surface area (Å²) in [7, 11) is 4.54. The van der Waals surface area contributed by atoms with Crippen LogP contribution in [0, 0.1) is 29.6 Å². The number of amides is 1. The Hall–Kier alpha value is -3.55. The van der Waals surface area contributed by atoms with Gasteiger partial charge in [-0.3, -0.25) is 14.4 Å². The maximum absolute atomic E-state index is 14.5. The number of Topliss-reactive ketones (excluding diaryl/α,β-unsaturated/α-hetero) is 2. The van der Waals surface area contributed by atoms with Gasteiger partial charge in [-0.2, -0.15) is 13.2 Å². The Morgan fingerprint density at radius 3 is 2.28 bits per heavy atom. The minimum absolute atomic E-state index is 0.00935. The molecule has 17 heteroatoms. The molecule has 14 nitrogen and oxygen atoms in total. The molecule has 5 rings (SSSR count). The molecule has 1 unspecified atom stereocenters. The summed E-state index contributed by atoms with van der Waals surface area (Å²) < 4.78 is 76.2. The summed E-state index contributed by atoms with van der Waals surface area (Å²) in [6.07, 6.45) is -3.34. The highest BCUT2D eigenvalue weighted by atomic mass is 19.4. The molecule has 4 aliphatic rings. The number of ketones is 2. The number of hydrogen-bond acceptors (Lipinski definition) is 13. The minimum Gasteiger partial charge on any atom is -0.456 e. The monoisotopic (exact) mass is 980 g/mol. The molecule has 2 saturated heterocycles. The van der Waals surface area contributed by atoms with Gasteiger partial charge in [0.2, 0.25) is 5.79 Å². The van der Waals surface area contributed by atoms with Crippen molar-refractivity contribution in [3.63, 3.8) is 0 Å². The van der Waals surface area contributed by atoms with Crippen molar-refractivity contribution >= 4 is 23.4 Å². The fourth-order valence-corrected chi connectivity index (χ4v) is 10.8. The molecular weight excluding hydrogens is 904 g/mol. The van der Waals surface area contributed by atoms with Crippen molar-refractivity contribution in [1.82, 2.24) is 4.90 Å². The number of fused-ring (bicyclic) bond motifs is 3. The van der Waals surface area contributed by atoms with Gasteiger partial charge in [0.15, 0.2) is 0 Å². The molecule has 3 fully saturated rings. The molecule has 2 bridgehead atoms. The predicted octanol–water partition coefficient (Wildman–Crippen LogP) is 7.25. The second-order valence-corrected chi connectivity index (χ2v) is 20.1. The average molecular weight is 980 g/mol. The van der Waals surface area contributed by atoms with Crippen LogP contribution in [-0.2, 0) is 53.8 Å². The van der Waals surface area contributed by atoms with E-state index in [1.165, 1.54) is 33.5 Å². The molecule has 0 spiro atoms. The van der Waals surface area contributed by atoms with Gasteiger partial charge in [0, 0.05) is 52.0 Å². The standard InChI is InChI=1S/C52H76F3NO13/c1-10-35-21-29(2)20-30(3)22-44(65-8)47-45(66-9)24-32(5)51(63,69-47)48(60)49(61)56-19-12-11-16-38(56)50(62)68-46(33(6)39(57)27-40(35)58)31(4)23-34-17-18-42(43(25-34)64-7)67-28-41(59)36-14-13-15-37(26-36)52(53,54)55/h13-15,21,23,26,30,32-35,38-39,41-47,57,59,63H,10-12,16-20,22,24-25,27-28H2,1-9H3/b29-21+,31-23+/t30-,32+,33+,34?,35+,38-,39+,41-,42+,43+,44-,45-,46+,47+,51+/m0/s1. The lowest BCUT2D eigenvalue weighted by molar-refractivity contribution is -0.302. The third-order valence-electron chi connectivity index (χ3n) is 14.9. The normalized spacial score (nSPS) is 36.7. The third kappa shape index (κ3) is 13.9. The van der Waals surface area contributed by atoms with Crippen LogP contribution in [0.5, 0.6) is 0 Å². The van der Waals surface area contributed by atoms with Crippen LogP contribution in [0.4, 0.5) is 13.2 Å². The largest absolute Gasteiger partial charge is 0.456 e. The molecule has 1 aromatic rings. The second kappa shape index (κ2) is 24.7. The van der Waals surface area contributed by atoms with Gasteiger partial charge < -0.3 is 48.6 Å². The number of allylic oxidation sites excluding steroid dienone is 3. The number of esters is 1. The Morgan fingerprint density at radius 2 is 1.62 bits per heavy atom. The van der Waals surface area contributed by atoms with Crippen LogP contribution in [0.15, 0.2) is 47.6 Å². The van der Waals surface area contributed by atoms with Crippen molar-refractivity contribution in [2.75, 3.05) is 34.5 Å². The van der Waals surface area contributed by atoms with Crippen molar-refractivity contribution < 1.29 is 76.1 Å². The Bertz CT molecular complexity index is 1980. The number of halogens is 3. The summed E-state index contributed by atoms with van der Waals surface area (Å²) >= 11 is 0. The molecule has 69 heavy (non-hydrogen) atoms. The van der Waals surface area contributed by atoms with Gasteiger partial charge in [-0.15, -0.1) is 0 Å². The fourth-order valence-electron chi connectivity index (χ4n) is 10.8. The van der Waals surface area contributed by atoms with Gasteiger partial charge in [-0.25, -0.2) is 4.79 Å². The number of cyclic esters (lactones) is 1. The molecule has 1 aliphatic carbocycles. The van der Waals surface area contributed by atoms with E-state index in [4.69, 9.17) is 28.4 Å². The van der Waals surface area contributed by atoms with Crippen molar-refractivity contribution in [1.29, 1.82) is 0 Å². The summed E-state index contributed by atoms with van der Waals surface area (Å²) in [6.45, 7) is 10.7. The number of rotatable bonds is 10. The molecule has 3 N–H and O–H groups in total. The van der Waals surface area contributed by atoms with E-state index in [0.717, 1.165) is 22.6 Å². The number of alkyl halides is 3. The van der Waals surface area contributed by atoms with E-state index in [-0.39, 0.29) is 55.6 Å². The van der Waals surface area contributed by atoms with Gasteiger partial charge in [0.1, 0.15) is 30.1 Å². The zero-order valence-corrected chi connectivity index (χ0v) is 41.7. The molecule has 3 aliphatic heterocycles. The first-order chi connectivity index (χ1) is 32.6. The fraction of sp³-hybridized carbons (Fsp3) is 0.731. The van der Waals surface area contributed by atoms with Gasteiger partial charge in [-0.1, -0.05) is 57.6 Å². The topological polar surface area (TPSA) is 188 Å². The number of aliphatic hydroxyl groups is 3. The van der Waals surface area contributed by atoms with Crippen LogP contribution in [-0.4, -0.2) is 133 Å². The maximum Gasteiger partial charge on any atom is 0.416 e. The Morgan fingerprint density at radius 1 is 0.942 bits per heavy atom. The average Bonchev–Trinajstić information content (AvgIpc) is 3.32. The highest BCUT2D eigenvalue weighted by molar-refractivity contribution is 6.39. The van der Waals surface area contributed by atoms with Crippen molar-refractivity contribution in [3.05, 3.63) is 58.7 Å². The van der Waals surface area contributed by atoms with E-state index in [0.29, 0.717) is 56.9 Å². The molecular formula is C52H76F3NO13. The molecule has 1 saturated carbocycles. The van der Waals surface area contributed by atoms with Crippen LogP contribution in [0.3, 0.4) is 0 Å². The number of carbonyl (C=O) groups excluding carboxylic acids is 4. The first kappa shape index (κ1) is 56.4. The second-order valence-electron chi connectivity index (χ2n) is 20.1. The molecule has 0 radical (unpaired) electrons. The first-order valence-electron chi connectivity index (χ1n) is 24.6. The van der Waals surface area contributed by atoms with E-state index in [1.54, 1.807) is 20.8 Å². The highest BCUT2D eigenvalue weighted by Gasteiger charge is 2.56. The highest BCUT2D eigenvalue weighted by Crippen LogP contribution is 2.40. The lowest BCUT2D eigenvalue weighted by Crippen LogP contribution is -2.64. The van der Waals surface area contributed by atoms with Gasteiger partial charge in [0.25, 0.3) is 11.7 Å². The number of piperidine rings is 1. The van der Waals surface area contributed by atoms with Gasteiger partial charge >= 0.3 is 12.1 Å². The van der Waals surface area contributed by atoms with Crippen molar-refractivity contribution in [2.24, 2.45) is 29.6 Å². The van der Waals surface area contributed by atoms with E-state index < -0.39 is 108 Å². The number of carbonyl (C=O) groups is 4. The van der Waals surface area contributed by atoms with Gasteiger partial charge in [0.05, 0.1) is 42.7 Å². The first-order valence-corrected chi connectivity index (χ1v) is 24.6. The van der Waals surface area contributed by atoms with Gasteiger partial charge in [-0.05, 0) is 113 Å². The molecule has 3 heterocycles. The number of aliphatic hydroxyl groups excluding tert-OH is 2. The number of nitrogens with zero attached hydrogens (tertiary/aromatic N) is 1. The summed E-state index contributed by atoms with van der Waals surface area (Å²) in [4.78, 5) is 58.3. The van der Waals surface area contributed by atoms with E-state index in [2.05, 4.69) is 0 Å². The Kier molecular flexibility index (Phi) is 20.2. The summed E-state index contributed by atoms with van der Waals surface area (Å²) in [5.41, 5.74) is 0.727. The van der Waals surface area contributed by atoms with Crippen LogP contribution in [0.2, 0.25) is 0 Å². The molecule has 388 valence electrons. The predicted molar refractivity (Wildman–Crippen MR) is 248 cm³/mol. The maximum atomic E-state index is 14.5. The van der Waals surface area contributed by atoms with Crippen molar-refractivity contribution in [2.45, 2.75) is 179 Å². The van der Waals surface area contributed by atoms with E-state index >= 15 is 0 Å². The smallest absolute Gasteiger partial charge is 0.416 e. The summed E-state index contributed by atoms with van der Waals surface area (Å²) in [6, 6.07) is 3.26. The Labute approximate surface area is 405 Å². The molecule has 1 aromatic carbocycles. The minimum atomic E-state index is -4.57. The quantitative estimate of drug-likeness (QED) is 0.121. The van der Waals surface area contributed by atoms with E-state index in [9.17, 15) is 47.7 Å². The van der Waals surface area contributed by atoms with Crippen LogP contribution in [0.25, 0.3) is 0 Å². The van der Waals surface area contributed by atoms with Crippen LogP contribution in [0.1, 0.15) is 129 Å². The summed E-state index contributed by atoms with van der Waals surface area (Å²) in [5, 5.41) is 34.7. The summed E-state index contributed by atoms with van der Waals surface area (Å²) in [5.74, 6) is -8.18. The molecule has 15 atom stereocenters. The lowest BCUT2D eigenvalue weighted by Gasteiger charge is -2.47. The third-order valence-corrected chi connectivity index (χ3v) is 14.9. The number of ether oxygens (including phenoxy) is 6. The number of methoxy groups -OCH3 is 3. The SMILES string of the molecule is CC[C@@H]1/C=C(\C)C[C@H](C)C[C@H](OC)[C@H]2O[C@@](O)(C(=O)C(=O)N3CCCC[C@H]3C(=O)O[C@H](/C(C)=C/C3CC[C@@H](OC[C@H](O)c4cccc(C(F)(F)F)c4)[C@H](OC)C3)[C@H](C)[C@H](O)CC1=O)[C@H](C)C[C@@H]2OC. The molecule has 1 amide bonds. The van der Waals surface area contributed by atoms with Crippen molar-refractivity contribution in [3.8, 4) is 0 Å². The van der Waals surface area contributed by atoms with Crippen LogP contribution >= 0.6 is 0 Å². The Balaban J connectivity index is 1.43. The number of hydrogen-bond donors (Lipinski definition) is 3. The number of benzene rings is 1. The zero-order chi connectivity index (χ0) is 51.0. The van der Waals surface area contributed by atoms with E-state index in [1.807, 2.05) is 32.9 Å². The zero-order valence-electron chi connectivity index (χ0n) is 41.7.